The lowest BCUT2D eigenvalue weighted by Gasteiger charge is -2.38. The van der Waals surface area contributed by atoms with Crippen LogP contribution < -0.4 is 30.9 Å². The van der Waals surface area contributed by atoms with Crippen molar-refractivity contribution < 1.29 is 19.1 Å². The molecule has 290 valence electrons. The standard InChI is InChI=1S/C41H50ClN9O4/c42-33-24-31(8-9-34(33)43)55-30-6-4-29(5-7-30)44-40(53)35-10-11-38(47-46-35)49-20-14-27(15-21-49)25-48-18-12-28(13-19-48)26-50-22-16-32-36(50)2-1-3-37(32)51-23-17-39(52)45-41(51)54/h1-3,8-11,16,22,24,27-30H,4-7,12-15,17-21,23,25-26,43H2,(H,44,53)(H,45,52,54). The number of likely N-dealkylation sites (tertiary alicyclic amines) is 1. The summed E-state index contributed by atoms with van der Waals surface area (Å²) in [5.41, 5.74) is 8.67. The second-order valence-corrected chi connectivity index (χ2v) is 16.0. The number of nitrogens with two attached hydrogens (primary N) is 1. The second kappa shape index (κ2) is 16.5. The minimum atomic E-state index is -0.348. The van der Waals surface area contributed by atoms with E-state index in [1.807, 2.05) is 24.3 Å². The topological polar surface area (TPSA) is 151 Å². The molecule has 0 atom stereocenters. The van der Waals surface area contributed by atoms with E-state index in [9.17, 15) is 14.4 Å². The van der Waals surface area contributed by atoms with E-state index in [0.29, 0.717) is 47.0 Å². The summed E-state index contributed by atoms with van der Waals surface area (Å²) in [6.45, 7) is 6.59. The number of urea groups is 1. The molecular formula is C41H50ClN9O4. The molecule has 4 amide bonds. The summed E-state index contributed by atoms with van der Waals surface area (Å²) in [6.07, 6.45) is 10.4. The number of hydrogen-bond acceptors (Lipinski definition) is 9. The van der Waals surface area contributed by atoms with E-state index < -0.39 is 0 Å². The number of benzene rings is 2. The number of carbonyl (C=O) groups excluding carboxylic acids is 3. The Morgan fingerprint density at radius 3 is 2.36 bits per heavy atom. The molecule has 5 heterocycles. The molecule has 8 rings (SSSR count). The van der Waals surface area contributed by atoms with Gasteiger partial charge in [-0.05, 0) is 119 Å². The normalized spacial score (nSPS) is 21.8. The van der Waals surface area contributed by atoms with Gasteiger partial charge in [-0.25, -0.2) is 4.79 Å². The number of nitrogens with one attached hydrogen (secondary N) is 2. The van der Waals surface area contributed by atoms with Crippen LogP contribution >= 0.6 is 11.6 Å². The van der Waals surface area contributed by atoms with Gasteiger partial charge in [0.15, 0.2) is 11.5 Å². The average Bonchev–Trinajstić information content (AvgIpc) is 3.61. The number of carbonyl (C=O) groups is 3. The molecule has 0 spiro atoms. The molecule has 3 aliphatic heterocycles. The van der Waals surface area contributed by atoms with Crippen molar-refractivity contribution in [1.29, 1.82) is 0 Å². The summed E-state index contributed by atoms with van der Waals surface area (Å²) in [4.78, 5) is 43.8. The molecule has 4 fully saturated rings. The Labute approximate surface area is 326 Å². The van der Waals surface area contributed by atoms with Crippen LogP contribution in [0.25, 0.3) is 10.9 Å². The summed E-state index contributed by atoms with van der Waals surface area (Å²) in [5.74, 6) is 2.40. The van der Waals surface area contributed by atoms with Crippen LogP contribution in [0.3, 0.4) is 0 Å². The van der Waals surface area contributed by atoms with E-state index in [1.165, 1.54) is 12.8 Å². The maximum atomic E-state index is 13.0. The van der Waals surface area contributed by atoms with Crippen LogP contribution in [-0.2, 0) is 11.3 Å². The number of nitrogens with zero attached hydrogens (tertiary/aromatic N) is 6. The highest BCUT2D eigenvalue weighted by Gasteiger charge is 2.29. The second-order valence-electron chi connectivity index (χ2n) is 15.6. The highest BCUT2D eigenvalue weighted by molar-refractivity contribution is 6.33. The lowest BCUT2D eigenvalue weighted by atomic mass is 9.92. The zero-order valence-electron chi connectivity index (χ0n) is 31.2. The van der Waals surface area contributed by atoms with Crippen molar-refractivity contribution in [2.45, 2.75) is 76.5 Å². The molecule has 13 nitrogen and oxygen atoms in total. The third kappa shape index (κ3) is 8.68. The van der Waals surface area contributed by atoms with Gasteiger partial charge in [0.1, 0.15) is 5.75 Å². The number of ether oxygens (including phenoxy) is 1. The molecule has 14 heteroatoms. The molecule has 1 aliphatic carbocycles. The van der Waals surface area contributed by atoms with E-state index in [-0.39, 0.29) is 30.0 Å². The number of fused-ring (bicyclic) bond motifs is 1. The number of hydrogen-bond donors (Lipinski definition) is 3. The number of imide groups is 1. The number of piperidine rings is 2. The molecule has 4 aliphatic rings. The van der Waals surface area contributed by atoms with Crippen LogP contribution in [0.5, 0.6) is 5.75 Å². The van der Waals surface area contributed by atoms with Crippen molar-refractivity contribution in [3.8, 4) is 5.75 Å². The van der Waals surface area contributed by atoms with Gasteiger partial charge in [0.2, 0.25) is 5.91 Å². The fraction of sp³-hybridized carbons (Fsp3) is 0.488. The van der Waals surface area contributed by atoms with Gasteiger partial charge >= 0.3 is 6.03 Å². The smallest absolute Gasteiger partial charge is 0.328 e. The molecule has 0 bridgehead atoms. The molecule has 2 aromatic heterocycles. The largest absolute Gasteiger partial charge is 0.490 e. The van der Waals surface area contributed by atoms with Crippen LogP contribution in [0.4, 0.5) is 22.0 Å². The molecule has 4 aromatic rings. The molecule has 3 saturated heterocycles. The summed E-state index contributed by atoms with van der Waals surface area (Å²) in [7, 11) is 0. The maximum absolute atomic E-state index is 13.0. The highest BCUT2D eigenvalue weighted by Crippen LogP contribution is 2.32. The first-order chi connectivity index (χ1) is 26.8. The van der Waals surface area contributed by atoms with Crippen molar-refractivity contribution in [2.75, 3.05) is 54.8 Å². The summed E-state index contributed by atoms with van der Waals surface area (Å²) >= 11 is 6.13. The first kappa shape index (κ1) is 37.1. The van der Waals surface area contributed by atoms with Gasteiger partial charge in [0, 0.05) is 62.8 Å². The van der Waals surface area contributed by atoms with Gasteiger partial charge in [0.05, 0.1) is 28.0 Å². The molecule has 2 aromatic carbocycles. The molecule has 4 N–H and O–H groups in total. The number of anilines is 3. The fourth-order valence-corrected chi connectivity index (χ4v) is 8.88. The average molecular weight is 768 g/mol. The number of halogens is 1. The molecule has 0 unspecified atom stereocenters. The van der Waals surface area contributed by atoms with Crippen molar-refractivity contribution in [3.63, 3.8) is 0 Å². The quantitative estimate of drug-likeness (QED) is 0.169. The third-order valence-electron chi connectivity index (χ3n) is 11.9. The van der Waals surface area contributed by atoms with E-state index in [0.717, 1.165) is 100 Å². The Balaban J connectivity index is 0.746. The van der Waals surface area contributed by atoms with Crippen molar-refractivity contribution in [1.82, 2.24) is 30.3 Å². The van der Waals surface area contributed by atoms with Gasteiger partial charge in [-0.3, -0.25) is 19.8 Å². The van der Waals surface area contributed by atoms with Gasteiger partial charge < -0.3 is 30.2 Å². The Morgan fingerprint density at radius 2 is 1.64 bits per heavy atom. The Kier molecular flexibility index (Phi) is 11.1. The summed E-state index contributed by atoms with van der Waals surface area (Å²) < 4.78 is 8.42. The van der Waals surface area contributed by atoms with Gasteiger partial charge in [-0.2, -0.15) is 0 Å². The number of aromatic nitrogens is 3. The zero-order chi connectivity index (χ0) is 37.9. The number of amides is 4. The minimum Gasteiger partial charge on any atom is -0.490 e. The monoisotopic (exact) mass is 767 g/mol. The molecule has 55 heavy (non-hydrogen) atoms. The maximum Gasteiger partial charge on any atom is 0.328 e. The van der Waals surface area contributed by atoms with Crippen LogP contribution in [0, 0.1) is 11.8 Å². The molecule has 1 saturated carbocycles. The summed E-state index contributed by atoms with van der Waals surface area (Å²) in [5, 5.41) is 15.9. The number of nitrogen functional groups attached to an aromatic ring is 1. The SMILES string of the molecule is Nc1ccc(OC2CCC(NC(=O)c3ccc(N4CCC(CN5CCC(Cn6ccc7c(N8CCC(=O)NC8=O)cccc76)CC5)CC4)nn3)CC2)cc1Cl. The van der Waals surface area contributed by atoms with Crippen LogP contribution in [0.2, 0.25) is 5.02 Å². The van der Waals surface area contributed by atoms with E-state index in [2.05, 4.69) is 53.5 Å². The first-order valence-electron chi connectivity index (χ1n) is 19.8. The van der Waals surface area contributed by atoms with E-state index in [4.69, 9.17) is 22.1 Å². The lowest BCUT2D eigenvalue weighted by molar-refractivity contribution is -0.120. The lowest BCUT2D eigenvalue weighted by Crippen LogP contribution is -2.49. The van der Waals surface area contributed by atoms with Crippen molar-refractivity contribution >= 4 is 57.5 Å². The zero-order valence-corrected chi connectivity index (χ0v) is 31.9. The predicted octanol–water partition coefficient (Wildman–Crippen LogP) is 5.86. The summed E-state index contributed by atoms with van der Waals surface area (Å²) in [6, 6.07) is 17.0. The van der Waals surface area contributed by atoms with Gasteiger partial charge in [-0.1, -0.05) is 17.7 Å². The first-order valence-corrected chi connectivity index (χ1v) is 20.2. The van der Waals surface area contributed by atoms with Crippen LogP contribution in [0.15, 0.2) is 60.8 Å². The Hall–Kier alpha value is -4.88. The Bertz CT molecular complexity index is 2000. The van der Waals surface area contributed by atoms with E-state index in [1.54, 1.807) is 23.1 Å². The minimum absolute atomic E-state index is 0.0777. The third-order valence-corrected chi connectivity index (χ3v) is 12.2. The van der Waals surface area contributed by atoms with Crippen molar-refractivity contribution in [3.05, 3.63) is 71.5 Å². The fourth-order valence-electron chi connectivity index (χ4n) is 8.71. The van der Waals surface area contributed by atoms with Crippen molar-refractivity contribution in [2.24, 2.45) is 11.8 Å². The number of rotatable bonds is 10. The Morgan fingerprint density at radius 1 is 0.873 bits per heavy atom. The van der Waals surface area contributed by atoms with E-state index >= 15 is 0 Å². The van der Waals surface area contributed by atoms with Crippen LogP contribution in [-0.4, -0.2) is 88.9 Å². The van der Waals surface area contributed by atoms with Crippen LogP contribution in [0.1, 0.15) is 68.3 Å². The molecule has 0 radical (unpaired) electrons. The highest BCUT2D eigenvalue weighted by atomic mass is 35.5. The van der Waals surface area contributed by atoms with Gasteiger partial charge in [-0.15, -0.1) is 10.2 Å². The molecular weight excluding hydrogens is 718 g/mol. The predicted molar refractivity (Wildman–Crippen MR) is 214 cm³/mol. The van der Waals surface area contributed by atoms with Gasteiger partial charge in [0.25, 0.3) is 5.91 Å².